The van der Waals surface area contributed by atoms with Gasteiger partial charge in [-0.3, -0.25) is 0 Å². The molecule has 19 heavy (non-hydrogen) atoms. The van der Waals surface area contributed by atoms with Gasteiger partial charge in [-0.05, 0) is 32.9 Å². The van der Waals surface area contributed by atoms with E-state index < -0.39 is 0 Å². The molecule has 0 amide bonds. The minimum atomic E-state index is 0.537. The van der Waals surface area contributed by atoms with Gasteiger partial charge in [-0.25, -0.2) is 9.97 Å². The van der Waals surface area contributed by atoms with Crippen LogP contribution in [0.25, 0.3) is 10.9 Å². The van der Waals surface area contributed by atoms with E-state index in [1.165, 1.54) is 11.9 Å². The first-order valence-electron chi connectivity index (χ1n) is 6.88. The van der Waals surface area contributed by atoms with Crippen LogP contribution in [0.5, 0.6) is 0 Å². The van der Waals surface area contributed by atoms with Crippen molar-refractivity contribution in [1.82, 2.24) is 9.97 Å². The Morgan fingerprint density at radius 1 is 1.05 bits per heavy atom. The van der Waals surface area contributed by atoms with E-state index in [9.17, 15) is 0 Å². The third kappa shape index (κ3) is 2.88. The number of hydrogen-bond donors (Lipinski definition) is 0. The molecule has 2 aromatic rings. The Hall–Kier alpha value is -1.19. The minimum absolute atomic E-state index is 0.537. The lowest BCUT2D eigenvalue weighted by Crippen LogP contribution is -2.46. The monoisotopic (exact) mass is 278 g/mol. The highest BCUT2D eigenvalue weighted by molar-refractivity contribution is 6.34. The molecule has 102 valence electrons. The fourth-order valence-electron chi connectivity index (χ4n) is 2.56. The Morgan fingerprint density at radius 2 is 1.74 bits per heavy atom. The molecule has 0 spiro atoms. The molecule has 0 bridgehead atoms. The minimum Gasteiger partial charge on any atom is -0.321 e. The predicted molar refractivity (Wildman–Crippen MR) is 80.1 cm³/mol. The maximum Gasteiger partial charge on any atom is 0.140 e. The van der Waals surface area contributed by atoms with Crippen LogP contribution in [-0.2, 0) is 6.54 Å². The number of benzene rings is 1. The summed E-state index contributed by atoms with van der Waals surface area (Å²) in [5, 5.41) is 1.48. The molecule has 4 heteroatoms. The highest BCUT2D eigenvalue weighted by Crippen LogP contribution is 2.22. The van der Waals surface area contributed by atoms with Gasteiger partial charge in [0.15, 0.2) is 0 Å². The fourth-order valence-corrected chi connectivity index (χ4v) is 2.76. The van der Waals surface area contributed by atoms with E-state index in [1.807, 2.05) is 6.07 Å². The van der Waals surface area contributed by atoms with E-state index >= 15 is 0 Å². The van der Waals surface area contributed by atoms with E-state index in [0.717, 1.165) is 41.6 Å². The van der Waals surface area contributed by atoms with Gasteiger partial charge < -0.3 is 4.48 Å². The van der Waals surface area contributed by atoms with Gasteiger partial charge in [-0.1, -0.05) is 17.7 Å². The zero-order valence-corrected chi connectivity index (χ0v) is 12.6. The SMILES string of the molecule is CC[N+](CC)(CC)Cc1ccc2ncnc(Cl)c2c1. The molecule has 1 aromatic carbocycles. The second-order valence-corrected chi connectivity index (χ2v) is 5.32. The standard InChI is InChI=1S/C15H21ClN3/c1-4-19(5-2,6-3)10-12-7-8-14-13(9-12)15(16)18-11-17-14/h7-9,11H,4-6,10H2,1-3H3/q+1. The summed E-state index contributed by atoms with van der Waals surface area (Å²) in [7, 11) is 0. The molecule has 0 unspecified atom stereocenters. The van der Waals surface area contributed by atoms with Gasteiger partial charge in [-0.15, -0.1) is 0 Å². The Labute approximate surface area is 119 Å². The van der Waals surface area contributed by atoms with Crippen LogP contribution in [-0.4, -0.2) is 34.1 Å². The number of rotatable bonds is 5. The predicted octanol–water partition coefficient (Wildman–Crippen LogP) is 3.66. The van der Waals surface area contributed by atoms with Gasteiger partial charge in [0.2, 0.25) is 0 Å². The molecule has 0 radical (unpaired) electrons. The van der Waals surface area contributed by atoms with Crippen LogP contribution >= 0.6 is 11.6 Å². The van der Waals surface area contributed by atoms with Crippen molar-refractivity contribution in [3.63, 3.8) is 0 Å². The summed E-state index contributed by atoms with van der Waals surface area (Å²) >= 11 is 6.15. The van der Waals surface area contributed by atoms with Crippen LogP contribution in [0.3, 0.4) is 0 Å². The lowest BCUT2D eigenvalue weighted by molar-refractivity contribution is -0.936. The molecule has 3 nitrogen and oxygen atoms in total. The lowest BCUT2D eigenvalue weighted by Gasteiger charge is -2.35. The van der Waals surface area contributed by atoms with Crippen molar-refractivity contribution in [2.24, 2.45) is 0 Å². The summed E-state index contributed by atoms with van der Waals surface area (Å²) in [5.74, 6) is 0. The van der Waals surface area contributed by atoms with Crippen molar-refractivity contribution in [1.29, 1.82) is 0 Å². The smallest absolute Gasteiger partial charge is 0.140 e. The first-order valence-corrected chi connectivity index (χ1v) is 7.26. The van der Waals surface area contributed by atoms with Gasteiger partial charge in [0.05, 0.1) is 25.2 Å². The largest absolute Gasteiger partial charge is 0.321 e. The van der Waals surface area contributed by atoms with Gasteiger partial charge in [-0.2, -0.15) is 0 Å². The number of hydrogen-bond acceptors (Lipinski definition) is 2. The Balaban J connectivity index is 2.38. The number of nitrogens with zero attached hydrogens (tertiary/aromatic N) is 3. The van der Waals surface area contributed by atoms with Crippen molar-refractivity contribution in [3.05, 3.63) is 35.2 Å². The highest BCUT2D eigenvalue weighted by atomic mass is 35.5. The average molecular weight is 279 g/mol. The number of halogens is 1. The normalized spacial score (nSPS) is 12.0. The van der Waals surface area contributed by atoms with Crippen LogP contribution in [0.1, 0.15) is 26.3 Å². The van der Waals surface area contributed by atoms with Crippen molar-refractivity contribution in [3.8, 4) is 0 Å². The van der Waals surface area contributed by atoms with Gasteiger partial charge in [0.25, 0.3) is 0 Å². The third-order valence-corrected chi connectivity index (χ3v) is 4.48. The molecule has 2 rings (SSSR count). The molecule has 0 saturated heterocycles. The molecule has 0 fully saturated rings. The lowest BCUT2D eigenvalue weighted by atomic mass is 10.1. The first kappa shape index (κ1) is 14.2. The quantitative estimate of drug-likeness (QED) is 0.616. The molecule has 0 atom stereocenters. The highest BCUT2D eigenvalue weighted by Gasteiger charge is 2.21. The van der Waals surface area contributed by atoms with E-state index in [1.54, 1.807) is 0 Å². The average Bonchev–Trinajstić information content (AvgIpc) is 2.46. The van der Waals surface area contributed by atoms with Crippen LogP contribution in [0.2, 0.25) is 5.15 Å². The maximum absolute atomic E-state index is 6.15. The molecule has 0 aliphatic rings. The topological polar surface area (TPSA) is 25.8 Å². The zero-order chi connectivity index (χ0) is 13.9. The molecule has 0 saturated carbocycles. The van der Waals surface area contributed by atoms with Crippen molar-refractivity contribution in [2.75, 3.05) is 19.6 Å². The molecule has 0 N–H and O–H groups in total. The second-order valence-electron chi connectivity index (χ2n) is 4.96. The Morgan fingerprint density at radius 3 is 2.37 bits per heavy atom. The van der Waals surface area contributed by atoms with Crippen molar-refractivity contribution >= 4 is 22.5 Å². The summed E-state index contributed by atoms with van der Waals surface area (Å²) in [5.41, 5.74) is 2.21. The number of quaternary nitrogens is 1. The second kappa shape index (κ2) is 5.85. The third-order valence-electron chi connectivity index (χ3n) is 4.18. The zero-order valence-electron chi connectivity index (χ0n) is 11.9. The first-order chi connectivity index (χ1) is 9.14. The Bertz CT molecular complexity index is 556. The molecular weight excluding hydrogens is 258 g/mol. The fraction of sp³-hybridized carbons (Fsp3) is 0.467. The summed E-state index contributed by atoms with van der Waals surface area (Å²) in [6.07, 6.45) is 1.51. The van der Waals surface area contributed by atoms with Crippen LogP contribution in [0.15, 0.2) is 24.5 Å². The summed E-state index contributed by atoms with van der Waals surface area (Å²) in [4.78, 5) is 8.29. The van der Waals surface area contributed by atoms with E-state index in [0.29, 0.717) is 5.15 Å². The Kier molecular flexibility index (Phi) is 4.38. The van der Waals surface area contributed by atoms with Crippen LogP contribution < -0.4 is 0 Å². The van der Waals surface area contributed by atoms with E-state index in [-0.39, 0.29) is 0 Å². The molecule has 1 aromatic heterocycles. The molecule has 0 aliphatic carbocycles. The summed E-state index contributed by atoms with van der Waals surface area (Å²) in [6, 6.07) is 6.32. The van der Waals surface area contributed by atoms with Gasteiger partial charge >= 0.3 is 0 Å². The van der Waals surface area contributed by atoms with Gasteiger partial charge in [0.1, 0.15) is 18.0 Å². The van der Waals surface area contributed by atoms with Crippen LogP contribution in [0, 0.1) is 0 Å². The molecule has 0 aliphatic heterocycles. The van der Waals surface area contributed by atoms with Gasteiger partial charge in [0, 0.05) is 10.9 Å². The summed E-state index contributed by atoms with van der Waals surface area (Å²) < 4.78 is 1.09. The van der Waals surface area contributed by atoms with Crippen molar-refractivity contribution in [2.45, 2.75) is 27.3 Å². The van der Waals surface area contributed by atoms with Crippen molar-refractivity contribution < 1.29 is 4.48 Å². The van der Waals surface area contributed by atoms with E-state index in [4.69, 9.17) is 11.6 Å². The maximum atomic E-state index is 6.15. The number of fused-ring (bicyclic) bond motifs is 1. The van der Waals surface area contributed by atoms with E-state index in [2.05, 4.69) is 42.9 Å². The molecule has 1 heterocycles. The number of aromatic nitrogens is 2. The molecular formula is C15H21ClN3+. The van der Waals surface area contributed by atoms with Crippen LogP contribution in [0.4, 0.5) is 0 Å². The summed E-state index contributed by atoms with van der Waals surface area (Å²) in [6.45, 7) is 11.2.